The zero-order valence-electron chi connectivity index (χ0n) is 18.3. The molecule has 0 spiro atoms. The van der Waals surface area contributed by atoms with Crippen molar-refractivity contribution < 1.29 is 9.53 Å². The van der Waals surface area contributed by atoms with E-state index >= 15 is 0 Å². The molecule has 2 aromatic rings. The molecule has 1 aliphatic rings. The van der Waals surface area contributed by atoms with Gasteiger partial charge in [0.2, 0.25) is 0 Å². The van der Waals surface area contributed by atoms with Crippen LogP contribution < -0.4 is 0 Å². The van der Waals surface area contributed by atoms with Crippen LogP contribution in [0.4, 0.5) is 0 Å². The van der Waals surface area contributed by atoms with E-state index in [-0.39, 0.29) is 12.0 Å². The van der Waals surface area contributed by atoms with E-state index in [1.54, 1.807) is 12.0 Å². The Hall–Kier alpha value is -2.13. The Morgan fingerprint density at radius 1 is 1.07 bits per heavy atom. The molecule has 3 rings (SSSR count). The van der Waals surface area contributed by atoms with E-state index in [0.717, 1.165) is 23.8 Å². The maximum absolute atomic E-state index is 12.6. The van der Waals surface area contributed by atoms with E-state index in [0.29, 0.717) is 12.5 Å². The summed E-state index contributed by atoms with van der Waals surface area (Å²) < 4.78 is 5.26. The summed E-state index contributed by atoms with van der Waals surface area (Å²) in [7, 11) is 3.50. The summed E-state index contributed by atoms with van der Waals surface area (Å²) >= 11 is 0. The molecular formula is C26H35NO2. The van der Waals surface area contributed by atoms with Gasteiger partial charge < -0.3 is 9.64 Å². The molecule has 0 N–H and O–H groups in total. The van der Waals surface area contributed by atoms with Gasteiger partial charge in [-0.05, 0) is 73.6 Å². The number of rotatable bonds is 8. The fourth-order valence-electron chi connectivity index (χ4n) is 4.66. The minimum atomic E-state index is 0.0387. The number of carbonyl (C=O) groups excluding carboxylic acids is 1. The summed E-state index contributed by atoms with van der Waals surface area (Å²) in [5.41, 5.74) is 3.56. The van der Waals surface area contributed by atoms with Crippen molar-refractivity contribution in [2.75, 3.05) is 20.7 Å². The predicted octanol–water partition coefficient (Wildman–Crippen LogP) is 5.56. The van der Waals surface area contributed by atoms with E-state index in [2.05, 4.69) is 49.4 Å². The van der Waals surface area contributed by atoms with Crippen molar-refractivity contribution in [3.05, 3.63) is 71.3 Å². The maximum Gasteiger partial charge on any atom is 0.253 e. The topological polar surface area (TPSA) is 29.5 Å². The number of hydrogen-bond donors (Lipinski definition) is 0. The number of benzene rings is 2. The normalized spacial score (nSPS) is 21.0. The number of carbonyl (C=O) groups is 1. The molecule has 1 amide bonds. The standard InChI is InChI=1S/C26H35NO2/c1-19(29-4)18-27(3)26(28)24-13-10-21(11-14-24)16-22-12-15-25(17-22)20(2)23-8-6-5-7-9-23/h5-11,13-14,19-20,22,25H,12,15-18H2,1-4H3/t19?,20-,22?,25+/m1/s1. The molecule has 29 heavy (non-hydrogen) atoms. The second kappa shape index (κ2) is 10.1. The van der Waals surface area contributed by atoms with Crippen LogP contribution in [-0.4, -0.2) is 37.6 Å². The largest absolute Gasteiger partial charge is 0.380 e. The lowest BCUT2D eigenvalue weighted by Gasteiger charge is -2.21. The van der Waals surface area contributed by atoms with Crippen molar-refractivity contribution in [3.8, 4) is 0 Å². The van der Waals surface area contributed by atoms with Gasteiger partial charge in [-0.3, -0.25) is 4.79 Å². The van der Waals surface area contributed by atoms with Crippen LogP contribution in [0.1, 0.15) is 60.5 Å². The lowest BCUT2D eigenvalue weighted by atomic mass is 9.85. The maximum atomic E-state index is 12.6. The zero-order valence-corrected chi connectivity index (χ0v) is 18.3. The van der Waals surface area contributed by atoms with E-state index in [4.69, 9.17) is 4.74 Å². The zero-order chi connectivity index (χ0) is 20.8. The van der Waals surface area contributed by atoms with Crippen molar-refractivity contribution in [2.24, 2.45) is 11.8 Å². The van der Waals surface area contributed by atoms with Gasteiger partial charge in [-0.15, -0.1) is 0 Å². The van der Waals surface area contributed by atoms with Gasteiger partial charge >= 0.3 is 0 Å². The van der Waals surface area contributed by atoms with Crippen LogP contribution in [0, 0.1) is 11.8 Å². The van der Waals surface area contributed by atoms with Gasteiger partial charge in [-0.2, -0.15) is 0 Å². The molecule has 0 bridgehead atoms. The minimum Gasteiger partial charge on any atom is -0.380 e. The first-order valence-electron chi connectivity index (χ1n) is 10.9. The number of amides is 1. The number of ether oxygens (including phenoxy) is 1. The Balaban J connectivity index is 1.53. The molecule has 156 valence electrons. The first-order chi connectivity index (χ1) is 14.0. The summed E-state index contributed by atoms with van der Waals surface area (Å²) in [6, 6.07) is 19.1. The Labute approximate surface area is 176 Å². The van der Waals surface area contributed by atoms with Gasteiger partial charge in [0.1, 0.15) is 0 Å². The number of methoxy groups -OCH3 is 1. The van der Waals surface area contributed by atoms with Gasteiger partial charge in [-0.1, -0.05) is 49.4 Å². The second-order valence-electron chi connectivity index (χ2n) is 8.77. The van der Waals surface area contributed by atoms with Crippen molar-refractivity contribution in [2.45, 2.75) is 51.6 Å². The van der Waals surface area contributed by atoms with Gasteiger partial charge in [-0.25, -0.2) is 0 Å². The Morgan fingerprint density at radius 2 is 1.76 bits per heavy atom. The third-order valence-corrected chi connectivity index (χ3v) is 6.62. The van der Waals surface area contributed by atoms with Crippen LogP contribution in [0.25, 0.3) is 0 Å². The minimum absolute atomic E-state index is 0.0387. The van der Waals surface area contributed by atoms with Crippen LogP contribution in [0.3, 0.4) is 0 Å². The average Bonchev–Trinajstić information content (AvgIpc) is 3.22. The van der Waals surface area contributed by atoms with E-state index in [1.165, 1.54) is 30.4 Å². The smallest absolute Gasteiger partial charge is 0.253 e. The van der Waals surface area contributed by atoms with E-state index in [1.807, 2.05) is 26.1 Å². The molecule has 0 saturated heterocycles. The fraction of sp³-hybridized carbons (Fsp3) is 0.500. The average molecular weight is 394 g/mol. The highest BCUT2D eigenvalue weighted by Crippen LogP contribution is 2.41. The number of hydrogen-bond acceptors (Lipinski definition) is 2. The van der Waals surface area contributed by atoms with E-state index < -0.39 is 0 Å². The van der Waals surface area contributed by atoms with Crippen LogP contribution in [0.15, 0.2) is 54.6 Å². The summed E-state index contributed by atoms with van der Waals surface area (Å²) in [5, 5.41) is 0. The van der Waals surface area contributed by atoms with Crippen molar-refractivity contribution >= 4 is 5.91 Å². The van der Waals surface area contributed by atoms with Gasteiger partial charge in [0, 0.05) is 26.3 Å². The van der Waals surface area contributed by atoms with Crippen molar-refractivity contribution in [1.82, 2.24) is 4.90 Å². The summed E-state index contributed by atoms with van der Waals surface area (Å²) in [6.07, 6.45) is 5.08. The van der Waals surface area contributed by atoms with Crippen LogP contribution in [0.2, 0.25) is 0 Å². The summed E-state index contributed by atoms with van der Waals surface area (Å²) in [5.74, 6) is 2.21. The first kappa shape index (κ1) is 21.6. The molecule has 1 fully saturated rings. The molecule has 0 aromatic heterocycles. The Morgan fingerprint density at radius 3 is 2.41 bits per heavy atom. The van der Waals surface area contributed by atoms with E-state index in [9.17, 15) is 4.79 Å². The summed E-state index contributed by atoms with van der Waals surface area (Å²) in [6.45, 7) is 4.95. The molecule has 3 nitrogen and oxygen atoms in total. The molecule has 2 aromatic carbocycles. The lowest BCUT2D eigenvalue weighted by Crippen LogP contribution is -2.33. The SMILES string of the molecule is COC(C)CN(C)C(=O)c1ccc(CC2CC[C@H]([C@H](C)c3ccccc3)C2)cc1. The third kappa shape index (κ3) is 5.70. The molecule has 3 heteroatoms. The second-order valence-corrected chi connectivity index (χ2v) is 8.77. The Kier molecular flexibility index (Phi) is 7.49. The van der Waals surface area contributed by atoms with Crippen LogP contribution in [-0.2, 0) is 11.2 Å². The van der Waals surface area contributed by atoms with Crippen LogP contribution >= 0.6 is 0 Å². The van der Waals surface area contributed by atoms with Gasteiger partial charge in [0.25, 0.3) is 5.91 Å². The predicted molar refractivity (Wildman–Crippen MR) is 119 cm³/mol. The van der Waals surface area contributed by atoms with Crippen LogP contribution in [0.5, 0.6) is 0 Å². The van der Waals surface area contributed by atoms with Crippen molar-refractivity contribution in [3.63, 3.8) is 0 Å². The fourth-order valence-corrected chi connectivity index (χ4v) is 4.66. The number of nitrogens with zero attached hydrogens (tertiary/aromatic N) is 1. The number of likely N-dealkylation sites (N-methyl/N-ethyl adjacent to an activating group) is 1. The molecule has 0 heterocycles. The Bertz CT molecular complexity index is 771. The molecule has 0 aliphatic heterocycles. The molecule has 0 radical (unpaired) electrons. The highest BCUT2D eigenvalue weighted by Gasteiger charge is 2.29. The van der Waals surface area contributed by atoms with Crippen molar-refractivity contribution in [1.29, 1.82) is 0 Å². The molecule has 1 aliphatic carbocycles. The highest BCUT2D eigenvalue weighted by molar-refractivity contribution is 5.94. The highest BCUT2D eigenvalue weighted by atomic mass is 16.5. The molecule has 4 atom stereocenters. The first-order valence-corrected chi connectivity index (χ1v) is 10.9. The molecule has 2 unspecified atom stereocenters. The lowest BCUT2D eigenvalue weighted by molar-refractivity contribution is 0.0600. The monoisotopic (exact) mass is 393 g/mol. The molecular weight excluding hydrogens is 358 g/mol. The molecule has 1 saturated carbocycles. The third-order valence-electron chi connectivity index (χ3n) is 6.62. The summed E-state index contributed by atoms with van der Waals surface area (Å²) in [4.78, 5) is 14.3. The van der Waals surface area contributed by atoms with Gasteiger partial charge in [0.15, 0.2) is 0 Å². The van der Waals surface area contributed by atoms with Gasteiger partial charge in [0.05, 0.1) is 6.10 Å². The quantitative estimate of drug-likeness (QED) is 0.588.